The Labute approximate surface area is 197 Å². The second-order valence-corrected chi connectivity index (χ2v) is 8.75. The van der Waals surface area contributed by atoms with Gasteiger partial charge in [0.25, 0.3) is 0 Å². The molecule has 190 valence electrons. The molecule has 2 aromatic carbocycles. The second-order valence-electron chi connectivity index (χ2n) is 8.75. The summed E-state index contributed by atoms with van der Waals surface area (Å²) in [6.45, 7) is 1.51. The number of carboxylic acid groups (broad SMARTS) is 1. The van der Waals surface area contributed by atoms with Gasteiger partial charge in [0.2, 0.25) is 5.91 Å². The zero-order valence-corrected chi connectivity index (χ0v) is 19.0. The Balaban J connectivity index is 1.89. The van der Waals surface area contributed by atoms with Crippen LogP contribution in [0.25, 0.3) is 0 Å². The number of likely N-dealkylation sites (tertiary alicyclic amines) is 1. The van der Waals surface area contributed by atoms with Crippen LogP contribution in [0.4, 0.5) is 31.1 Å². The molecule has 1 aliphatic rings. The van der Waals surface area contributed by atoms with Gasteiger partial charge in [-0.2, -0.15) is 26.3 Å². The van der Waals surface area contributed by atoms with E-state index in [2.05, 4.69) is 0 Å². The van der Waals surface area contributed by atoms with Crippen LogP contribution in [-0.4, -0.2) is 47.0 Å². The van der Waals surface area contributed by atoms with Crippen molar-refractivity contribution < 1.29 is 41.0 Å². The maximum absolute atomic E-state index is 13.3. The van der Waals surface area contributed by atoms with E-state index in [0.717, 1.165) is 16.0 Å². The minimum atomic E-state index is -4.99. The minimum absolute atomic E-state index is 0.0424. The van der Waals surface area contributed by atoms with Crippen molar-refractivity contribution in [3.63, 3.8) is 0 Å². The predicted molar refractivity (Wildman–Crippen MR) is 115 cm³/mol. The van der Waals surface area contributed by atoms with Gasteiger partial charge in [0.1, 0.15) is 0 Å². The number of rotatable bonds is 4. The van der Waals surface area contributed by atoms with Crippen molar-refractivity contribution in [2.24, 2.45) is 5.92 Å². The SMILES string of the molecule is Cc1cccc([C@@H]2CN(C(=O)O)CC[C@@H]2C(=O)N(C)Cc2cc(C(F)(F)F)cc(C(F)(F)F)c2)c1. The molecular weight excluding hydrogens is 478 g/mol. The van der Waals surface area contributed by atoms with E-state index in [0.29, 0.717) is 12.1 Å². The molecule has 3 rings (SSSR count). The predicted octanol–water partition coefficient (Wildman–Crippen LogP) is 5.77. The van der Waals surface area contributed by atoms with Crippen LogP contribution in [0.5, 0.6) is 0 Å². The molecule has 0 spiro atoms. The molecule has 0 aromatic heterocycles. The normalized spacial score (nSPS) is 18.9. The lowest BCUT2D eigenvalue weighted by Gasteiger charge is -2.38. The fourth-order valence-corrected chi connectivity index (χ4v) is 4.41. The quantitative estimate of drug-likeness (QED) is 0.540. The number of amides is 2. The smallest absolute Gasteiger partial charge is 0.416 e. The molecule has 0 radical (unpaired) electrons. The van der Waals surface area contributed by atoms with Crippen molar-refractivity contribution in [3.8, 4) is 0 Å². The highest BCUT2D eigenvalue weighted by Crippen LogP contribution is 2.37. The monoisotopic (exact) mass is 502 g/mol. The molecule has 11 heteroatoms. The molecule has 1 heterocycles. The van der Waals surface area contributed by atoms with Crippen molar-refractivity contribution in [2.75, 3.05) is 20.1 Å². The highest BCUT2D eigenvalue weighted by Gasteiger charge is 2.39. The van der Waals surface area contributed by atoms with E-state index in [9.17, 15) is 41.0 Å². The van der Waals surface area contributed by atoms with Gasteiger partial charge in [0.15, 0.2) is 0 Å². The van der Waals surface area contributed by atoms with Crippen LogP contribution in [0.15, 0.2) is 42.5 Å². The average molecular weight is 502 g/mol. The summed E-state index contributed by atoms with van der Waals surface area (Å²) in [6, 6.07) is 8.46. The fourth-order valence-electron chi connectivity index (χ4n) is 4.41. The molecule has 5 nitrogen and oxygen atoms in total. The van der Waals surface area contributed by atoms with E-state index in [1.165, 1.54) is 11.9 Å². The van der Waals surface area contributed by atoms with Crippen molar-refractivity contribution in [1.82, 2.24) is 9.80 Å². The van der Waals surface area contributed by atoms with Crippen LogP contribution >= 0.6 is 0 Å². The summed E-state index contributed by atoms with van der Waals surface area (Å²) in [5, 5.41) is 9.42. The van der Waals surface area contributed by atoms with Crippen LogP contribution in [0, 0.1) is 12.8 Å². The molecule has 0 unspecified atom stereocenters. The molecule has 2 atom stereocenters. The van der Waals surface area contributed by atoms with Gasteiger partial charge < -0.3 is 14.9 Å². The third-order valence-electron chi connectivity index (χ3n) is 6.11. The van der Waals surface area contributed by atoms with Gasteiger partial charge in [-0.15, -0.1) is 0 Å². The van der Waals surface area contributed by atoms with Crippen LogP contribution < -0.4 is 0 Å². The average Bonchev–Trinajstić information content (AvgIpc) is 2.76. The van der Waals surface area contributed by atoms with E-state index in [1.807, 2.05) is 19.1 Å². The fraction of sp³-hybridized carbons (Fsp3) is 0.417. The Morgan fingerprint density at radius 1 is 1.03 bits per heavy atom. The zero-order valence-electron chi connectivity index (χ0n) is 19.0. The maximum atomic E-state index is 13.3. The minimum Gasteiger partial charge on any atom is -0.465 e. The number of benzene rings is 2. The molecule has 0 saturated carbocycles. The summed E-state index contributed by atoms with van der Waals surface area (Å²) < 4.78 is 79.2. The molecule has 1 aliphatic heterocycles. The van der Waals surface area contributed by atoms with Gasteiger partial charge in [-0.1, -0.05) is 29.8 Å². The van der Waals surface area contributed by atoms with Crippen LogP contribution in [-0.2, 0) is 23.7 Å². The number of hydrogen-bond donors (Lipinski definition) is 1. The van der Waals surface area contributed by atoms with Crippen molar-refractivity contribution in [1.29, 1.82) is 0 Å². The summed E-state index contributed by atoms with van der Waals surface area (Å²) in [7, 11) is 1.31. The van der Waals surface area contributed by atoms with Gasteiger partial charge in [0, 0.05) is 38.5 Å². The summed E-state index contributed by atoms with van der Waals surface area (Å²) in [6.07, 6.45) is -10.9. The topological polar surface area (TPSA) is 60.9 Å². The molecule has 0 bridgehead atoms. The number of alkyl halides is 6. The second kappa shape index (κ2) is 9.79. The molecule has 0 aliphatic carbocycles. The van der Waals surface area contributed by atoms with Crippen molar-refractivity contribution >= 4 is 12.0 Å². The lowest BCUT2D eigenvalue weighted by atomic mass is 9.79. The molecule has 35 heavy (non-hydrogen) atoms. The molecular formula is C24H24F6N2O3. The van der Waals surface area contributed by atoms with E-state index >= 15 is 0 Å². The van der Waals surface area contributed by atoms with E-state index < -0.39 is 53.9 Å². The molecule has 2 amide bonds. The van der Waals surface area contributed by atoms with Crippen molar-refractivity contribution in [2.45, 2.75) is 38.2 Å². The van der Waals surface area contributed by atoms with E-state index in [-0.39, 0.29) is 31.1 Å². The number of hydrogen-bond acceptors (Lipinski definition) is 2. The van der Waals surface area contributed by atoms with Crippen LogP contribution in [0.2, 0.25) is 0 Å². The summed E-state index contributed by atoms with van der Waals surface area (Å²) in [4.78, 5) is 27.1. The highest BCUT2D eigenvalue weighted by atomic mass is 19.4. The third kappa shape index (κ3) is 6.26. The van der Waals surface area contributed by atoms with Gasteiger partial charge >= 0.3 is 18.4 Å². The summed E-state index contributed by atoms with van der Waals surface area (Å²) in [5.41, 5.74) is -1.57. The summed E-state index contributed by atoms with van der Waals surface area (Å²) >= 11 is 0. The van der Waals surface area contributed by atoms with Gasteiger partial charge in [0.05, 0.1) is 11.1 Å². The number of aryl methyl sites for hydroxylation is 1. The molecule has 1 fully saturated rings. The first-order valence-corrected chi connectivity index (χ1v) is 10.7. The van der Waals surface area contributed by atoms with Gasteiger partial charge in [-0.3, -0.25) is 4.79 Å². The first kappa shape index (κ1) is 26.4. The Bertz CT molecular complexity index is 1070. The Morgan fingerprint density at radius 3 is 2.14 bits per heavy atom. The largest absolute Gasteiger partial charge is 0.465 e. The van der Waals surface area contributed by atoms with E-state index in [4.69, 9.17) is 0 Å². The number of carbonyl (C=O) groups is 2. The lowest BCUT2D eigenvalue weighted by molar-refractivity contribution is -0.143. The number of carbonyl (C=O) groups excluding carboxylic acids is 1. The summed E-state index contributed by atoms with van der Waals surface area (Å²) in [5.74, 6) is -1.68. The Kier molecular flexibility index (Phi) is 7.37. The van der Waals surface area contributed by atoms with E-state index in [1.54, 1.807) is 12.1 Å². The first-order chi connectivity index (χ1) is 16.2. The molecule has 1 N–H and O–H groups in total. The van der Waals surface area contributed by atoms with Gasteiger partial charge in [-0.25, -0.2) is 4.79 Å². The van der Waals surface area contributed by atoms with Gasteiger partial charge in [-0.05, 0) is 42.7 Å². The zero-order chi connectivity index (χ0) is 26.1. The van der Waals surface area contributed by atoms with Crippen LogP contribution in [0.1, 0.15) is 40.2 Å². The van der Waals surface area contributed by atoms with Crippen LogP contribution in [0.3, 0.4) is 0 Å². The number of halogens is 6. The standard InChI is InChI=1S/C24H24F6N2O3/c1-14-4-3-5-16(8-14)20-13-32(22(34)35)7-6-19(20)21(33)31(2)12-15-9-17(23(25,26)27)11-18(10-15)24(28,29)30/h3-5,8-11,19-20H,6-7,12-13H2,1-2H3,(H,34,35)/t19-,20-/m0/s1. The molecule has 1 saturated heterocycles. The van der Waals surface area contributed by atoms with Crippen molar-refractivity contribution in [3.05, 3.63) is 70.3 Å². The number of nitrogens with zero attached hydrogens (tertiary/aromatic N) is 2. The molecule has 2 aromatic rings. The lowest BCUT2D eigenvalue weighted by Crippen LogP contribution is -2.47. The third-order valence-corrected chi connectivity index (χ3v) is 6.11. The maximum Gasteiger partial charge on any atom is 0.416 e. The Hall–Kier alpha value is -3.24. The number of piperidine rings is 1. The Morgan fingerprint density at radius 2 is 1.63 bits per heavy atom. The highest BCUT2D eigenvalue weighted by molar-refractivity contribution is 5.80. The first-order valence-electron chi connectivity index (χ1n) is 10.7.